The smallest absolute Gasteiger partial charge is 0.305 e. The van der Waals surface area contributed by atoms with E-state index in [0.717, 1.165) is 50.7 Å². The molecule has 0 saturated heterocycles. The maximum Gasteiger partial charge on any atom is 0.305 e. The second-order valence-electron chi connectivity index (χ2n) is 5.89. The number of carbonyl (C=O) groups is 3. The maximum atomic E-state index is 11.2. The third-order valence-electron chi connectivity index (χ3n) is 3.79. The molecule has 0 saturated carbocycles. The van der Waals surface area contributed by atoms with Crippen LogP contribution in [-0.4, -0.2) is 36.5 Å². The van der Waals surface area contributed by atoms with Crippen LogP contribution in [0.1, 0.15) is 71.6 Å². The summed E-state index contributed by atoms with van der Waals surface area (Å²) in [6, 6.07) is 0. The zero-order valence-electron chi connectivity index (χ0n) is 15.3. The van der Waals surface area contributed by atoms with Crippen LogP contribution in [0.3, 0.4) is 0 Å². The lowest BCUT2D eigenvalue weighted by molar-refractivity contribution is -0.143. The summed E-state index contributed by atoms with van der Waals surface area (Å²) < 4.78 is 9.56. The fraction of sp³-hybridized carbons (Fsp3) is 0.833. The Morgan fingerprint density at radius 1 is 0.917 bits per heavy atom. The Labute approximate surface area is 150 Å². The SMILES string of the molecule is CCOC(=O)CCCCCC[C@H](CCCC(=O)OC)CSC(C)=O. The Hall–Kier alpha value is -1.04. The first kappa shape index (κ1) is 23.0. The van der Waals surface area contributed by atoms with E-state index in [-0.39, 0.29) is 17.1 Å². The quantitative estimate of drug-likeness (QED) is 0.343. The molecule has 0 aromatic heterocycles. The van der Waals surface area contributed by atoms with Crippen molar-refractivity contribution in [1.29, 1.82) is 0 Å². The van der Waals surface area contributed by atoms with Gasteiger partial charge in [-0.2, -0.15) is 0 Å². The summed E-state index contributed by atoms with van der Waals surface area (Å²) in [6.07, 6.45) is 7.80. The van der Waals surface area contributed by atoms with Crippen molar-refractivity contribution in [2.24, 2.45) is 5.92 Å². The molecule has 5 nitrogen and oxygen atoms in total. The molecule has 0 aromatic rings. The summed E-state index contributed by atoms with van der Waals surface area (Å²) >= 11 is 1.37. The van der Waals surface area contributed by atoms with Crippen LogP contribution in [0.4, 0.5) is 0 Å². The molecule has 0 fully saturated rings. The standard InChI is InChI=1S/C18H32O5S/c1-4-23-18(21)12-8-6-5-7-10-16(14-24-15(2)19)11-9-13-17(20)22-3/h16H,4-14H2,1-3H3/t16-/m1/s1. The minimum atomic E-state index is -0.174. The van der Waals surface area contributed by atoms with E-state index in [9.17, 15) is 14.4 Å². The van der Waals surface area contributed by atoms with Gasteiger partial charge in [-0.3, -0.25) is 14.4 Å². The third-order valence-corrected chi connectivity index (χ3v) is 4.84. The van der Waals surface area contributed by atoms with Gasteiger partial charge in [0.2, 0.25) is 0 Å². The molecule has 0 unspecified atom stereocenters. The van der Waals surface area contributed by atoms with Crippen LogP contribution in [0.2, 0.25) is 0 Å². The number of rotatable bonds is 14. The molecule has 0 rings (SSSR count). The molecule has 6 heteroatoms. The third kappa shape index (κ3) is 14.5. The van der Waals surface area contributed by atoms with Gasteiger partial charge in [0.05, 0.1) is 13.7 Å². The Morgan fingerprint density at radius 2 is 1.54 bits per heavy atom. The van der Waals surface area contributed by atoms with Gasteiger partial charge >= 0.3 is 11.9 Å². The highest BCUT2D eigenvalue weighted by atomic mass is 32.2. The average molecular weight is 361 g/mol. The van der Waals surface area contributed by atoms with E-state index in [1.165, 1.54) is 18.9 Å². The number of hydrogen-bond donors (Lipinski definition) is 0. The van der Waals surface area contributed by atoms with E-state index in [1.807, 2.05) is 6.92 Å². The topological polar surface area (TPSA) is 69.7 Å². The van der Waals surface area contributed by atoms with Gasteiger partial charge in [0.15, 0.2) is 5.12 Å². The molecule has 0 heterocycles. The van der Waals surface area contributed by atoms with Crippen LogP contribution < -0.4 is 0 Å². The van der Waals surface area contributed by atoms with Crippen LogP contribution in [-0.2, 0) is 23.9 Å². The predicted octanol–water partition coefficient (Wildman–Crippen LogP) is 4.13. The molecular formula is C18H32O5S. The molecule has 0 amide bonds. The molecular weight excluding hydrogens is 328 g/mol. The maximum absolute atomic E-state index is 11.2. The normalized spacial score (nSPS) is 11.8. The van der Waals surface area contributed by atoms with Gasteiger partial charge in [-0.1, -0.05) is 31.0 Å². The van der Waals surface area contributed by atoms with Crippen molar-refractivity contribution in [1.82, 2.24) is 0 Å². The largest absolute Gasteiger partial charge is 0.469 e. The highest BCUT2D eigenvalue weighted by Gasteiger charge is 2.12. The Morgan fingerprint density at radius 3 is 2.17 bits per heavy atom. The van der Waals surface area contributed by atoms with Gasteiger partial charge < -0.3 is 9.47 Å². The molecule has 0 aromatic carbocycles. The zero-order valence-corrected chi connectivity index (χ0v) is 16.1. The molecule has 0 bridgehead atoms. The number of methoxy groups -OCH3 is 1. The fourth-order valence-corrected chi connectivity index (χ4v) is 3.28. The van der Waals surface area contributed by atoms with Crippen molar-refractivity contribution < 1.29 is 23.9 Å². The molecule has 0 aliphatic heterocycles. The molecule has 1 atom stereocenters. The van der Waals surface area contributed by atoms with E-state index in [2.05, 4.69) is 4.74 Å². The van der Waals surface area contributed by atoms with E-state index in [1.54, 1.807) is 6.92 Å². The number of ether oxygens (including phenoxy) is 2. The molecule has 0 radical (unpaired) electrons. The Kier molecular flexibility index (Phi) is 14.8. The number of thioether (sulfide) groups is 1. The predicted molar refractivity (Wildman–Crippen MR) is 96.8 cm³/mol. The lowest BCUT2D eigenvalue weighted by Gasteiger charge is -2.15. The van der Waals surface area contributed by atoms with E-state index >= 15 is 0 Å². The first-order chi connectivity index (χ1) is 11.5. The van der Waals surface area contributed by atoms with Gasteiger partial charge in [-0.05, 0) is 38.5 Å². The highest BCUT2D eigenvalue weighted by molar-refractivity contribution is 8.13. The van der Waals surface area contributed by atoms with Crippen LogP contribution in [0.5, 0.6) is 0 Å². The fourth-order valence-electron chi connectivity index (χ4n) is 2.47. The van der Waals surface area contributed by atoms with Crippen molar-refractivity contribution in [3.05, 3.63) is 0 Å². The number of hydrogen-bond acceptors (Lipinski definition) is 6. The van der Waals surface area contributed by atoms with Gasteiger partial charge in [0.1, 0.15) is 0 Å². The minimum Gasteiger partial charge on any atom is -0.469 e. The molecule has 0 N–H and O–H groups in total. The molecule has 140 valence electrons. The second-order valence-corrected chi connectivity index (χ2v) is 7.09. The summed E-state index contributed by atoms with van der Waals surface area (Å²) in [5, 5.41) is 0.141. The van der Waals surface area contributed by atoms with Crippen molar-refractivity contribution in [2.45, 2.75) is 71.6 Å². The van der Waals surface area contributed by atoms with Crippen LogP contribution in [0, 0.1) is 5.92 Å². The average Bonchev–Trinajstić information content (AvgIpc) is 2.54. The van der Waals surface area contributed by atoms with E-state index in [4.69, 9.17) is 4.74 Å². The summed E-state index contributed by atoms with van der Waals surface area (Å²) in [5.74, 6) is 0.982. The Balaban J connectivity index is 3.88. The van der Waals surface area contributed by atoms with Crippen molar-refractivity contribution in [3.63, 3.8) is 0 Å². The summed E-state index contributed by atoms with van der Waals surface area (Å²) in [7, 11) is 1.40. The lowest BCUT2D eigenvalue weighted by Crippen LogP contribution is -2.08. The molecule has 0 spiro atoms. The lowest BCUT2D eigenvalue weighted by atomic mass is 9.96. The highest BCUT2D eigenvalue weighted by Crippen LogP contribution is 2.22. The number of unbranched alkanes of at least 4 members (excludes halogenated alkanes) is 3. The summed E-state index contributed by atoms with van der Waals surface area (Å²) in [6.45, 7) is 3.85. The van der Waals surface area contributed by atoms with E-state index in [0.29, 0.717) is 25.4 Å². The van der Waals surface area contributed by atoms with Gasteiger partial charge in [-0.15, -0.1) is 0 Å². The monoisotopic (exact) mass is 360 g/mol. The summed E-state index contributed by atoms with van der Waals surface area (Å²) in [5.41, 5.74) is 0. The van der Waals surface area contributed by atoms with Gasteiger partial charge in [-0.25, -0.2) is 0 Å². The van der Waals surface area contributed by atoms with Crippen molar-refractivity contribution in [3.8, 4) is 0 Å². The number of carbonyl (C=O) groups excluding carboxylic acids is 3. The minimum absolute atomic E-state index is 0.115. The first-order valence-corrected chi connectivity index (χ1v) is 9.83. The summed E-state index contributed by atoms with van der Waals surface area (Å²) in [4.78, 5) is 33.6. The second kappa shape index (κ2) is 15.5. The number of esters is 2. The molecule has 24 heavy (non-hydrogen) atoms. The van der Waals surface area contributed by atoms with Crippen molar-refractivity contribution >= 4 is 28.8 Å². The molecule has 0 aliphatic carbocycles. The molecule has 0 aliphatic rings. The van der Waals surface area contributed by atoms with Crippen LogP contribution in [0.25, 0.3) is 0 Å². The first-order valence-electron chi connectivity index (χ1n) is 8.85. The van der Waals surface area contributed by atoms with Crippen LogP contribution >= 0.6 is 11.8 Å². The van der Waals surface area contributed by atoms with E-state index < -0.39 is 0 Å². The van der Waals surface area contributed by atoms with Gasteiger partial charge in [0, 0.05) is 25.5 Å². The van der Waals surface area contributed by atoms with Crippen LogP contribution in [0.15, 0.2) is 0 Å². The van der Waals surface area contributed by atoms with Gasteiger partial charge in [0.25, 0.3) is 0 Å². The zero-order chi connectivity index (χ0) is 18.2. The Bertz CT molecular complexity index is 370. The van der Waals surface area contributed by atoms with Crippen molar-refractivity contribution in [2.75, 3.05) is 19.5 Å².